The Labute approximate surface area is 188 Å². The number of thioether (sulfide) groups is 1. The van der Waals surface area contributed by atoms with E-state index in [1.54, 1.807) is 11.0 Å². The zero-order valence-electron chi connectivity index (χ0n) is 18.1. The van der Waals surface area contributed by atoms with Gasteiger partial charge in [0.05, 0.1) is 5.69 Å². The van der Waals surface area contributed by atoms with E-state index in [-0.39, 0.29) is 5.91 Å². The second-order valence-electron chi connectivity index (χ2n) is 7.95. The first-order valence-electron chi connectivity index (χ1n) is 10.7. The van der Waals surface area contributed by atoms with Crippen molar-refractivity contribution in [1.29, 1.82) is 0 Å². The van der Waals surface area contributed by atoms with Gasteiger partial charge in [0.15, 0.2) is 0 Å². The van der Waals surface area contributed by atoms with Crippen molar-refractivity contribution in [3.8, 4) is 5.69 Å². The van der Waals surface area contributed by atoms with Crippen molar-refractivity contribution in [2.45, 2.75) is 30.2 Å². The molecule has 6 nitrogen and oxygen atoms in total. The number of aromatic nitrogens is 3. The van der Waals surface area contributed by atoms with Crippen LogP contribution in [-0.4, -0.2) is 69.5 Å². The molecule has 1 saturated heterocycles. The van der Waals surface area contributed by atoms with Crippen molar-refractivity contribution in [2.24, 2.45) is 0 Å². The molecule has 2 heterocycles. The van der Waals surface area contributed by atoms with E-state index in [9.17, 15) is 4.79 Å². The fourth-order valence-corrected chi connectivity index (χ4v) is 4.83. The van der Waals surface area contributed by atoms with Crippen LogP contribution in [0, 0.1) is 0 Å². The Morgan fingerprint density at radius 1 is 1.13 bits per heavy atom. The summed E-state index contributed by atoms with van der Waals surface area (Å²) in [5.74, 6) is 0.111. The van der Waals surface area contributed by atoms with Gasteiger partial charge in [0.2, 0.25) is 0 Å². The summed E-state index contributed by atoms with van der Waals surface area (Å²) >= 11 is 1.81. The number of piperidine rings is 1. The van der Waals surface area contributed by atoms with Gasteiger partial charge in [-0.3, -0.25) is 4.79 Å². The van der Waals surface area contributed by atoms with Crippen molar-refractivity contribution in [3.05, 3.63) is 72.3 Å². The maximum Gasteiger partial charge on any atom is 0.253 e. The summed E-state index contributed by atoms with van der Waals surface area (Å²) in [4.78, 5) is 22.7. The molecule has 0 atom stereocenters. The summed E-state index contributed by atoms with van der Waals surface area (Å²) in [6.45, 7) is 2.65. The molecular weight excluding hydrogens is 406 g/mol. The minimum Gasteiger partial charge on any atom is -0.339 e. The number of amides is 1. The van der Waals surface area contributed by atoms with Crippen molar-refractivity contribution in [1.82, 2.24) is 24.6 Å². The number of nitrogens with zero attached hydrogens (tertiary/aromatic N) is 5. The first-order valence-corrected chi connectivity index (χ1v) is 11.9. The SMILES string of the molecule is CSc1ccccc1CCN(C)C1CCN(C(=O)c2ccc(-n3cncn3)cc2)CC1. The van der Waals surface area contributed by atoms with E-state index in [0.29, 0.717) is 6.04 Å². The van der Waals surface area contributed by atoms with Crippen LogP contribution in [0.3, 0.4) is 0 Å². The summed E-state index contributed by atoms with van der Waals surface area (Å²) in [6.07, 6.45) is 8.38. The number of likely N-dealkylation sites (N-methyl/N-ethyl adjacent to an activating group) is 1. The maximum atomic E-state index is 12.9. The molecule has 1 fully saturated rings. The lowest BCUT2D eigenvalue weighted by Gasteiger charge is -2.37. The Balaban J connectivity index is 1.28. The topological polar surface area (TPSA) is 54.3 Å². The van der Waals surface area contributed by atoms with E-state index in [0.717, 1.165) is 50.1 Å². The highest BCUT2D eigenvalue weighted by Gasteiger charge is 2.26. The average Bonchev–Trinajstić information content (AvgIpc) is 3.37. The van der Waals surface area contributed by atoms with Crippen LogP contribution < -0.4 is 0 Å². The molecule has 0 saturated carbocycles. The van der Waals surface area contributed by atoms with E-state index in [1.165, 1.54) is 16.8 Å². The summed E-state index contributed by atoms with van der Waals surface area (Å²) in [6, 6.07) is 16.8. The Kier molecular flexibility index (Phi) is 7.04. The Hall–Kier alpha value is -2.64. The van der Waals surface area contributed by atoms with Crippen LogP contribution in [0.5, 0.6) is 0 Å². The van der Waals surface area contributed by atoms with Gasteiger partial charge in [-0.1, -0.05) is 18.2 Å². The third kappa shape index (κ3) is 5.17. The molecule has 2 aromatic carbocycles. The Morgan fingerprint density at radius 2 is 1.87 bits per heavy atom. The lowest BCUT2D eigenvalue weighted by Crippen LogP contribution is -2.46. The number of rotatable bonds is 7. The van der Waals surface area contributed by atoms with Crippen LogP contribution in [-0.2, 0) is 6.42 Å². The number of likely N-dealkylation sites (tertiary alicyclic amines) is 1. The number of hydrogen-bond acceptors (Lipinski definition) is 5. The van der Waals surface area contributed by atoms with Gasteiger partial charge in [0.25, 0.3) is 5.91 Å². The van der Waals surface area contributed by atoms with Crippen LogP contribution in [0.15, 0.2) is 66.1 Å². The molecule has 0 N–H and O–H groups in total. The maximum absolute atomic E-state index is 12.9. The first-order chi connectivity index (χ1) is 15.2. The molecule has 0 bridgehead atoms. The molecule has 0 aliphatic carbocycles. The second-order valence-corrected chi connectivity index (χ2v) is 8.80. The summed E-state index contributed by atoms with van der Waals surface area (Å²) in [7, 11) is 2.21. The van der Waals surface area contributed by atoms with Crippen LogP contribution in [0.2, 0.25) is 0 Å². The lowest BCUT2D eigenvalue weighted by molar-refractivity contribution is 0.0647. The predicted octanol–water partition coefficient (Wildman–Crippen LogP) is 3.77. The van der Waals surface area contributed by atoms with Gasteiger partial charge < -0.3 is 9.80 Å². The standard InChI is InChI=1S/C24H29N5OS/c1-27(14-11-19-5-3-4-6-23(19)31-2)21-12-15-28(16-13-21)24(30)20-7-9-22(10-8-20)29-18-25-17-26-29/h3-10,17-18,21H,11-16H2,1-2H3. The zero-order valence-corrected chi connectivity index (χ0v) is 19.0. The normalized spacial score (nSPS) is 14.9. The van der Waals surface area contributed by atoms with Gasteiger partial charge in [-0.2, -0.15) is 5.10 Å². The monoisotopic (exact) mass is 435 g/mol. The minimum absolute atomic E-state index is 0.111. The average molecular weight is 436 g/mol. The first kappa shape index (κ1) is 21.6. The highest BCUT2D eigenvalue weighted by molar-refractivity contribution is 7.98. The van der Waals surface area contributed by atoms with Gasteiger partial charge >= 0.3 is 0 Å². The highest BCUT2D eigenvalue weighted by atomic mass is 32.2. The van der Waals surface area contributed by atoms with Crippen LogP contribution in [0.4, 0.5) is 0 Å². The molecule has 7 heteroatoms. The van der Waals surface area contributed by atoms with Crippen molar-refractivity contribution in [2.75, 3.05) is 32.9 Å². The van der Waals surface area contributed by atoms with Gasteiger partial charge in [-0.25, -0.2) is 9.67 Å². The van der Waals surface area contributed by atoms with Crippen LogP contribution in [0.25, 0.3) is 5.69 Å². The van der Waals surface area contributed by atoms with E-state index >= 15 is 0 Å². The molecule has 1 aliphatic heterocycles. The van der Waals surface area contributed by atoms with Gasteiger partial charge in [-0.15, -0.1) is 11.8 Å². The molecular formula is C24H29N5OS. The lowest BCUT2D eigenvalue weighted by atomic mass is 10.0. The van der Waals surface area contributed by atoms with Gasteiger partial charge in [0.1, 0.15) is 12.7 Å². The number of benzene rings is 2. The number of carbonyl (C=O) groups excluding carboxylic acids is 1. The third-order valence-corrected chi connectivity index (χ3v) is 6.94. The Morgan fingerprint density at radius 3 is 2.55 bits per heavy atom. The molecule has 0 spiro atoms. The molecule has 1 aliphatic rings. The fourth-order valence-electron chi connectivity index (χ4n) is 4.18. The molecule has 0 radical (unpaired) electrons. The quantitative estimate of drug-likeness (QED) is 0.529. The van der Waals surface area contributed by atoms with E-state index in [1.807, 2.05) is 40.9 Å². The predicted molar refractivity (Wildman–Crippen MR) is 125 cm³/mol. The minimum atomic E-state index is 0.111. The molecule has 162 valence electrons. The molecule has 3 aromatic rings. The molecule has 1 amide bonds. The zero-order chi connectivity index (χ0) is 21.6. The smallest absolute Gasteiger partial charge is 0.253 e. The van der Waals surface area contributed by atoms with Crippen molar-refractivity contribution in [3.63, 3.8) is 0 Å². The fraction of sp³-hybridized carbons (Fsp3) is 0.375. The molecule has 1 aromatic heterocycles. The van der Waals surface area contributed by atoms with Crippen LogP contribution >= 0.6 is 11.8 Å². The second kappa shape index (κ2) is 10.1. The number of hydrogen-bond donors (Lipinski definition) is 0. The van der Waals surface area contributed by atoms with Gasteiger partial charge in [-0.05, 0) is 68.5 Å². The van der Waals surface area contributed by atoms with E-state index in [4.69, 9.17) is 0 Å². The summed E-state index contributed by atoms with van der Waals surface area (Å²) in [5.41, 5.74) is 3.05. The largest absolute Gasteiger partial charge is 0.339 e. The summed E-state index contributed by atoms with van der Waals surface area (Å²) in [5, 5.41) is 4.12. The van der Waals surface area contributed by atoms with E-state index < -0.39 is 0 Å². The highest BCUT2D eigenvalue weighted by Crippen LogP contribution is 2.22. The number of carbonyl (C=O) groups is 1. The van der Waals surface area contributed by atoms with Gasteiger partial charge in [0, 0.05) is 36.1 Å². The third-order valence-electron chi connectivity index (χ3n) is 6.10. The van der Waals surface area contributed by atoms with Crippen molar-refractivity contribution >= 4 is 17.7 Å². The summed E-state index contributed by atoms with van der Waals surface area (Å²) < 4.78 is 1.69. The molecule has 31 heavy (non-hydrogen) atoms. The molecule has 4 rings (SSSR count). The van der Waals surface area contributed by atoms with Crippen LogP contribution in [0.1, 0.15) is 28.8 Å². The Bertz CT molecular complexity index is 981. The molecule has 0 unspecified atom stereocenters. The van der Waals surface area contributed by atoms with Crippen molar-refractivity contribution < 1.29 is 4.79 Å². The van der Waals surface area contributed by atoms with E-state index in [2.05, 4.69) is 52.6 Å².